The molecule has 1 aromatic carbocycles. The summed E-state index contributed by atoms with van der Waals surface area (Å²) in [6.45, 7) is 2.20. The zero-order valence-corrected chi connectivity index (χ0v) is 12.7. The molecule has 0 radical (unpaired) electrons. The number of aliphatic hydroxyl groups excluding tert-OH is 1. The molecular formula is C16H18N2O2S. The molecule has 5 heteroatoms. The highest BCUT2D eigenvalue weighted by atomic mass is 32.2. The minimum absolute atomic E-state index is 0.0843. The van der Waals surface area contributed by atoms with Gasteiger partial charge in [-0.25, -0.2) is 0 Å². The van der Waals surface area contributed by atoms with Crippen LogP contribution in [-0.2, 0) is 6.61 Å². The lowest BCUT2D eigenvalue weighted by Gasteiger charge is -2.06. The average molecular weight is 302 g/mol. The van der Waals surface area contributed by atoms with Gasteiger partial charge in [-0.15, -0.1) is 11.8 Å². The van der Waals surface area contributed by atoms with Gasteiger partial charge in [-0.3, -0.25) is 9.98 Å². The van der Waals surface area contributed by atoms with E-state index in [9.17, 15) is 10.2 Å². The van der Waals surface area contributed by atoms with Gasteiger partial charge in [-0.05, 0) is 19.1 Å². The zero-order valence-electron chi connectivity index (χ0n) is 11.9. The first kappa shape index (κ1) is 15.5. The van der Waals surface area contributed by atoms with E-state index in [0.29, 0.717) is 23.4 Å². The number of hydrogen-bond donors (Lipinski definition) is 2. The van der Waals surface area contributed by atoms with Crippen molar-refractivity contribution < 1.29 is 10.2 Å². The summed E-state index contributed by atoms with van der Waals surface area (Å²) < 4.78 is 0. The van der Waals surface area contributed by atoms with Crippen LogP contribution in [0.2, 0.25) is 0 Å². The van der Waals surface area contributed by atoms with Gasteiger partial charge in [0.2, 0.25) is 0 Å². The molecule has 0 bridgehead atoms. The number of nitrogens with zero attached hydrogens (tertiary/aromatic N) is 2. The average Bonchev–Trinajstić information content (AvgIpc) is 2.52. The molecule has 0 atom stereocenters. The van der Waals surface area contributed by atoms with Crippen molar-refractivity contribution in [3.8, 4) is 5.75 Å². The van der Waals surface area contributed by atoms with Crippen molar-refractivity contribution in [1.82, 2.24) is 4.98 Å². The minimum atomic E-state index is -0.166. The van der Waals surface area contributed by atoms with Crippen LogP contribution < -0.4 is 0 Å². The summed E-state index contributed by atoms with van der Waals surface area (Å²) in [5.41, 5.74) is 1.67. The molecule has 2 rings (SSSR count). The predicted molar refractivity (Wildman–Crippen MR) is 86.2 cm³/mol. The standard InChI is InChI=1S/C16H18N2O2S/c1-12-16(20)15(13(11-19)9-18-12)10-17-7-8-21-14-5-3-2-4-6-14/h2-6,9-10,19-20H,7-8,11H2,1H3. The highest BCUT2D eigenvalue weighted by Gasteiger charge is 2.08. The van der Waals surface area contributed by atoms with Crippen LogP contribution in [0.15, 0.2) is 46.4 Å². The predicted octanol–water partition coefficient (Wildman–Crippen LogP) is 2.80. The van der Waals surface area contributed by atoms with Gasteiger partial charge in [0, 0.05) is 40.7 Å². The molecule has 0 aliphatic rings. The lowest BCUT2D eigenvalue weighted by molar-refractivity contribution is 0.280. The smallest absolute Gasteiger partial charge is 0.145 e. The maximum atomic E-state index is 9.97. The van der Waals surface area contributed by atoms with Crippen LogP contribution in [0.5, 0.6) is 5.75 Å². The number of benzene rings is 1. The Hall–Kier alpha value is -1.85. The Balaban J connectivity index is 1.94. The number of pyridine rings is 1. The van der Waals surface area contributed by atoms with Crippen molar-refractivity contribution in [3.63, 3.8) is 0 Å². The topological polar surface area (TPSA) is 65.7 Å². The Morgan fingerprint density at radius 1 is 1.29 bits per heavy atom. The monoisotopic (exact) mass is 302 g/mol. The van der Waals surface area contributed by atoms with Gasteiger partial charge >= 0.3 is 0 Å². The molecule has 110 valence electrons. The lowest BCUT2D eigenvalue weighted by Crippen LogP contribution is -1.98. The number of thioether (sulfide) groups is 1. The third kappa shape index (κ3) is 4.31. The second kappa shape index (κ2) is 7.81. The summed E-state index contributed by atoms with van der Waals surface area (Å²) in [4.78, 5) is 9.56. The molecule has 4 nitrogen and oxygen atoms in total. The lowest BCUT2D eigenvalue weighted by atomic mass is 10.1. The van der Waals surface area contributed by atoms with E-state index in [1.165, 1.54) is 4.90 Å². The highest BCUT2D eigenvalue weighted by Crippen LogP contribution is 2.22. The molecule has 0 unspecified atom stereocenters. The van der Waals surface area contributed by atoms with Gasteiger partial charge in [0.05, 0.1) is 12.3 Å². The second-order valence-electron chi connectivity index (χ2n) is 4.49. The number of aryl methyl sites for hydroxylation is 1. The van der Waals surface area contributed by atoms with Crippen molar-refractivity contribution >= 4 is 18.0 Å². The molecule has 0 amide bonds. The van der Waals surface area contributed by atoms with E-state index in [0.717, 1.165) is 5.75 Å². The van der Waals surface area contributed by atoms with E-state index in [-0.39, 0.29) is 12.4 Å². The Bertz CT molecular complexity index is 615. The Labute approximate surface area is 128 Å². The van der Waals surface area contributed by atoms with Crippen molar-refractivity contribution in [2.24, 2.45) is 4.99 Å². The van der Waals surface area contributed by atoms with Gasteiger partial charge in [-0.2, -0.15) is 0 Å². The Kier molecular flexibility index (Phi) is 5.78. The first-order valence-electron chi connectivity index (χ1n) is 6.68. The van der Waals surface area contributed by atoms with E-state index in [1.807, 2.05) is 18.2 Å². The van der Waals surface area contributed by atoms with E-state index < -0.39 is 0 Å². The van der Waals surface area contributed by atoms with Crippen LogP contribution in [0.4, 0.5) is 0 Å². The quantitative estimate of drug-likeness (QED) is 0.489. The van der Waals surface area contributed by atoms with Gasteiger partial charge in [0.1, 0.15) is 5.75 Å². The molecule has 0 aliphatic carbocycles. The van der Waals surface area contributed by atoms with Gasteiger partial charge in [0.15, 0.2) is 0 Å². The largest absolute Gasteiger partial charge is 0.505 e. The second-order valence-corrected chi connectivity index (χ2v) is 5.65. The fourth-order valence-corrected chi connectivity index (χ4v) is 2.59. The molecule has 0 aliphatic heterocycles. The minimum Gasteiger partial charge on any atom is -0.505 e. The molecular weight excluding hydrogens is 284 g/mol. The zero-order chi connectivity index (χ0) is 15.1. The van der Waals surface area contributed by atoms with Crippen LogP contribution >= 0.6 is 11.8 Å². The number of aliphatic hydroxyl groups is 1. The van der Waals surface area contributed by atoms with E-state index in [1.54, 1.807) is 31.1 Å². The van der Waals surface area contributed by atoms with Crippen molar-refractivity contribution in [3.05, 3.63) is 53.3 Å². The number of aliphatic imine (C=N–C) groups is 1. The number of aromatic nitrogens is 1. The van der Waals surface area contributed by atoms with Crippen LogP contribution in [-0.4, -0.2) is 33.7 Å². The van der Waals surface area contributed by atoms with Crippen LogP contribution in [0.1, 0.15) is 16.8 Å². The first-order valence-corrected chi connectivity index (χ1v) is 7.67. The summed E-state index contributed by atoms with van der Waals surface area (Å²) in [5.74, 6) is 0.945. The summed E-state index contributed by atoms with van der Waals surface area (Å²) in [6.07, 6.45) is 3.18. The number of aromatic hydroxyl groups is 1. The van der Waals surface area contributed by atoms with Gasteiger partial charge < -0.3 is 10.2 Å². The molecule has 0 saturated carbocycles. The van der Waals surface area contributed by atoms with Crippen LogP contribution in [0, 0.1) is 6.92 Å². The molecule has 2 aromatic rings. The third-order valence-corrected chi connectivity index (χ3v) is 3.97. The number of rotatable bonds is 6. The summed E-state index contributed by atoms with van der Waals surface area (Å²) in [7, 11) is 0. The van der Waals surface area contributed by atoms with E-state index in [2.05, 4.69) is 22.1 Å². The highest BCUT2D eigenvalue weighted by molar-refractivity contribution is 7.99. The summed E-state index contributed by atoms with van der Waals surface area (Å²) >= 11 is 1.73. The van der Waals surface area contributed by atoms with E-state index in [4.69, 9.17) is 0 Å². The van der Waals surface area contributed by atoms with Crippen molar-refractivity contribution in [2.45, 2.75) is 18.4 Å². The molecule has 2 N–H and O–H groups in total. The van der Waals surface area contributed by atoms with Crippen molar-refractivity contribution in [2.75, 3.05) is 12.3 Å². The SMILES string of the molecule is Cc1ncc(CO)c(C=NCCSc2ccccc2)c1O. The molecule has 1 aromatic heterocycles. The molecule has 0 saturated heterocycles. The maximum absolute atomic E-state index is 9.97. The summed E-state index contributed by atoms with van der Waals surface area (Å²) in [5, 5.41) is 19.2. The molecule has 0 fully saturated rings. The maximum Gasteiger partial charge on any atom is 0.145 e. The fraction of sp³-hybridized carbons (Fsp3) is 0.250. The molecule has 1 heterocycles. The first-order chi connectivity index (χ1) is 10.2. The van der Waals surface area contributed by atoms with Crippen molar-refractivity contribution in [1.29, 1.82) is 0 Å². The van der Waals surface area contributed by atoms with Gasteiger partial charge in [0.25, 0.3) is 0 Å². The van der Waals surface area contributed by atoms with Crippen LogP contribution in [0.3, 0.4) is 0 Å². The molecule has 21 heavy (non-hydrogen) atoms. The normalized spacial score (nSPS) is 11.1. The van der Waals surface area contributed by atoms with E-state index >= 15 is 0 Å². The Morgan fingerprint density at radius 3 is 2.76 bits per heavy atom. The fourth-order valence-electron chi connectivity index (χ4n) is 1.81. The number of hydrogen-bond acceptors (Lipinski definition) is 5. The Morgan fingerprint density at radius 2 is 2.05 bits per heavy atom. The third-order valence-electron chi connectivity index (χ3n) is 2.98. The summed E-state index contributed by atoms with van der Waals surface area (Å²) in [6, 6.07) is 10.1. The van der Waals surface area contributed by atoms with Gasteiger partial charge in [-0.1, -0.05) is 18.2 Å². The molecule has 0 spiro atoms. The van der Waals surface area contributed by atoms with Crippen LogP contribution in [0.25, 0.3) is 0 Å².